The van der Waals surface area contributed by atoms with E-state index >= 15 is 0 Å². The van der Waals surface area contributed by atoms with E-state index < -0.39 is 10.0 Å². The summed E-state index contributed by atoms with van der Waals surface area (Å²) in [7, 11) is -1.76. The summed E-state index contributed by atoms with van der Waals surface area (Å²) in [5.41, 5.74) is 6.43. The Morgan fingerprint density at radius 2 is 1.83 bits per heavy atom. The van der Waals surface area contributed by atoms with Gasteiger partial charge in [-0.3, -0.25) is 0 Å². The molecule has 4 nitrogen and oxygen atoms in total. The van der Waals surface area contributed by atoms with Crippen LogP contribution in [0, 0.1) is 0 Å². The molecule has 0 heterocycles. The van der Waals surface area contributed by atoms with E-state index in [1.54, 1.807) is 31.3 Å². The Balaban J connectivity index is 2.97. The molecule has 0 saturated carbocycles. The first-order valence-corrected chi connectivity index (χ1v) is 7.64. The lowest BCUT2D eigenvalue weighted by Crippen LogP contribution is -2.34. The SMILES string of the molecule is CCCC(C)N(C)S(=O)(=O)c1ccc(CN)cc1. The molecule has 2 N–H and O–H groups in total. The summed E-state index contributed by atoms with van der Waals surface area (Å²) in [5, 5.41) is 0. The van der Waals surface area contributed by atoms with Crippen molar-refractivity contribution in [2.75, 3.05) is 7.05 Å². The smallest absolute Gasteiger partial charge is 0.243 e. The minimum Gasteiger partial charge on any atom is -0.326 e. The molecule has 1 unspecified atom stereocenters. The summed E-state index contributed by atoms with van der Waals surface area (Å²) >= 11 is 0. The lowest BCUT2D eigenvalue weighted by molar-refractivity contribution is 0.369. The minimum atomic E-state index is -3.39. The maximum Gasteiger partial charge on any atom is 0.243 e. The van der Waals surface area contributed by atoms with E-state index in [-0.39, 0.29) is 6.04 Å². The van der Waals surface area contributed by atoms with Crippen molar-refractivity contribution in [3.05, 3.63) is 29.8 Å². The Bertz CT molecular complexity index is 468. The van der Waals surface area contributed by atoms with Gasteiger partial charge in [0.05, 0.1) is 4.90 Å². The number of rotatable bonds is 6. The summed E-state index contributed by atoms with van der Waals surface area (Å²) in [6.07, 6.45) is 1.82. The van der Waals surface area contributed by atoms with Gasteiger partial charge in [-0.1, -0.05) is 25.5 Å². The third kappa shape index (κ3) is 3.31. The molecule has 0 saturated heterocycles. The second-order valence-corrected chi connectivity index (χ2v) is 6.50. The lowest BCUT2D eigenvalue weighted by atomic mass is 10.2. The van der Waals surface area contributed by atoms with Crippen molar-refractivity contribution in [2.24, 2.45) is 5.73 Å². The van der Waals surface area contributed by atoms with E-state index in [2.05, 4.69) is 0 Å². The highest BCUT2D eigenvalue weighted by molar-refractivity contribution is 7.89. The monoisotopic (exact) mass is 270 g/mol. The molecule has 0 aliphatic carbocycles. The highest BCUT2D eigenvalue weighted by Gasteiger charge is 2.24. The number of nitrogens with zero attached hydrogens (tertiary/aromatic N) is 1. The standard InChI is InChI=1S/C13H22N2O2S/c1-4-5-11(2)15(3)18(16,17)13-8-6-12(10-14)7-9-13/h6-9,11H,4-5,10,14H2,1-3H3. The van der Waals surface area contributed by atoms with Crippen LogP contribution in [-0.2, 0) is 16.6 Å². The maximum atomic E-state index is 12.3. The summed E-state index contributed by atoms with van der Waals surface area (Å²) < 4.78 is 26.1. The Morgan fingerprint density at radius 1 is 1.28 bits per heavy atom. The Morgan fingerprint density at radius 3 is 2.28 bits per heavy atom. The van der Waals surface area contributed by atoms with Crippen LogP contribution in [0.1, 0.15) is 32.3 Å². The van der Waals surface area contributed by atoms with E-state index in [4.69, 9.17) is 5.73 Å². The molecule has 0 aliphatic heterocycles. The van der Waals surface area contributed by atoms with Crippen LogP contribution >= 0.6 is 0 Å². The van der Waals surface area contributed by atoms with Crippen LogP contribution in [0.2, 0.25) is 0 Å². The van der Waals surface area contributed by atoms with Crippen LogP contribution in [0.4, 0.5) is 0 Å². The highest BCUT2D eigenvalue weighted by Crippen LogP contribution is 2.18. The number of benzene rings is 1. The van der Waals surface area contributed by atoms with Crippen molar-refractivity contribution in [3.63, 3.8) is 0 Å². The minimum absolute atomic E-state index is 0.00850. The molecule has 1 aromatic rings. The quantitative estimate of drug-likeness (QED) is 0.859. The van der Waals surface area contributed by atoms with Crippen molar-refractivity contribution in [2.45, 2.75) is 44.2 Å². The second kappa shape index (κ2) is 6.31. The molecular weight excluding hydrogens is 248 g/mol. The van der Waals surface area contributed by atoms with Gasteiger partial charge in [-0.15, -0.1) is 0 Å². The average molecular weight is 270 g/mol. The first-order chi connectivity index (χ1) is 8.43. The van der Waals surface area contributed by atoms with Gasteiger partial charge in [0.2, 0.25) is 10.0 Å². The van der Waals surface area contributed by atoms with Gasteiger partial charge in [0.1, 0.15) is 0 Å². The van der Waals surface area contributed by atoms with Crippen LogP contribution in [0.5, 0.6) is 0 Å². The van der Waals surface area contributed by atoms with E-state index in [0.717, 1.165) is 18.4 Å². The molecule has 18 heavy (non-hydrogen) atoms. The largest absolute Gasteiger partial charge is 0.326 e. The summed E-state index contributed by atoms with van der Waals surface area (Å²) in [6.45, 7) is 4.39. The fourth-order valence-electron chi connectivity index (χ4n) is 1.80. The Kier molecular flexibility index (Phi) is 5.31. The van der Waals surface area contributed by atoms with Crippen molar-refractivity contribution >= 4 is 10.0 Å². The van der Waals surface area contributed by atoms with Gasteiger partial charge in [0.15, 0.2) is 0 Å². The predicted molar refractivity (Wildman–Crippen MR) is 73.7 cm³/mol. The van der Waals surface area contributed by atoms with Crippen LogP contribution in [0.15, 0.2) is 29.2 Å². The maximum absolute atomic E-state index is 12.3. The van der Waals surface area contributed by atoms with Crippen molar-refractivity contribution in [1.82, 2.24) is 4.31 Å². The second-order valence-electron chi connectivity index (χ2n) is 4.51. The highest BCUT2D eigenvalue weighted by atomic mass is 32.2. The first-order valence-electron chi connectivity index (χ1n) is 6.20. The zero-order valence-corrected chi connectivity index (χ0v) is 12.1. The zero-order chi connectivity index (χ0) is 13.8. The van der Waals surface area contributed by atoms with E-state index in [1.165, 1.54) is 4.31 Å². The van der Waals surface area contributed by atoms with Gasteiger partial charge in [-0.25, -0.2) is 8.42 Å². The van der Waals surface area contributed by atoms with E-state index in [0.29, 0.717) is 11.4 Å². The van der Waals surface area contributed by atoms with Crippen LogP contribution in [-0.4, -0.2) is 25.8 Å². The first kappa shape index (κ1) is 15.1. The number of hydrogen-bond acceptors (Lipinski definition) is 3. The van der Waals surface area contributed by atoms with Crippen molar-refractivity contribution in [3.8, 4) is 0 Å². The number of hydrogen-bond donors (Lipinski definition) is 1. The average Bonchev–Trinajstić information content (AvgIpc) is 2.38. The predicted octanol–water partition coefficient (Wildman–Crippen LogP) is 1.95. The molecule has 0 amide bonds. The third-order valence-corrected chi connectivity index (χ3v) is 5.15. The molecule has 0 fully saturated rings. The topological polar surface area (TPSA) is 63.4 Å². The Labute approximate surface area is 110 Å². The summed E-state index contributed by atoms with van der Waals surface area (Å²) in [5.74, 6) is 0. The van der Waals surface area contributed by atoms with E-state index in [9.17, 15) is 8.42 Å². The lowest BCUT2D eigenvalue weighted by Gasteiger charge is -2.24. The van der Waals surface area contributed by atoms with Gasteiger partial charge in [-0.05, 0) is 31.0 Å². The van der Waals surface area contributed by atoms with Gasteiger partial charge < -0.3 is 5.73 Å². The van der Waals surface area contributed by atoms with Crippen LogP contribution < -0.4 is 5.73 Å². The molecule has 1 aromatic carbocycles. The summed E-state index contributed by atoms with van der Waals surface area (Å²) in [4.78, 5) is 0.324. The molecule has 0 bridgehead atoms. The molecule has 1 atom stereocenters. The van der Waals surface area contributed by atoms with Gasteiger partial charge in [-0.2, -0.15) is 4.31 Å². The van der Waals surface area contributed by atoms with Gasteiger partial charge in [0, 0.05) is 19.6 Å². The number of nitrogens with two attached hydrogens (primary N) is 1. The molecule has 5 heteroatoms. The normalized spacial score (nSPS) is 13.8. The van der Waals surface area contributed by atoms with E-state index in [1.807, 2.05) is 13.8 Å². The molecule has 0 spiro atoms. The van der Waals surface area contributed by atoms with Gasteiger partial charge >= 0.3 is 0 Å². The zero-order valence-electron chi connectivity index (χ0n) is 11.3. The van der Waals surface area contributed by atoms with Gasteiger partial charge in [0.25, 0.3) is 0 Å². The summed E-state index contributed by atoms with van der Waals surface area (Å²) in [6, 6.07) is 6.75. The fourth-order valence-corrected chi connectivity index (χ4v) is 3.19. The van der Waals surface area contributed by atoms with Crippen LogP contribution in [0.3, 0.4) is 0 Å². The number of sulfonamides is 1. The molecule has 102 valence electrons. The third-order valence-electron chi connectivity index (χ3n) is 3.16. The fraction of sp³-hybridized carbons (Fsp3) is 0.538. The molecule has 0 aromatic heterocycles. The molecular formula is C13H22N2O2S. The molecule has 0 radical (unpaired) electrons. The Hall–Kier alpha value is -0.910. The van der Waals surface area contributed by atoms with Crippen molar-refractivity contribution in [1.29, 1.82) is 0 Å². The van der Waals surface area contributed by atoms with Crippen LogP contribution in [0.25, 0.3) is 0 Å². The molecule has 1 rings (SSSR count). The molecule has 0 aliphatic rings. The van der Waals surface area contributed by atoms with Crippen molar-refractivity contribution < 1.29 is 8.42 Å².